The normalized spacial score (nSPS) is 10.9. The molecule has 2 heterocycles. The molecule has 0 saturated heterocycles. The van der Waals surface area contributed by atoms with Crippen LogP contribution in [0.3, 0.4) is 0 Å². The van der Waals surface area contributed by atoms with Gasteiger partial charge in [-0.25, -0.2) is 0 Å². The van der Waals surface area contributed by atoms with Crippen LogP contribution in [0.5, 0.6) is 0 Å². The summed E-state index contributed by atoms with van der Waals surface area (Å²) in [5.41, 5.74) is 1.94. The van der Waals surface area contributed by atoms with Crippen LogP contribution in [0.2, 0.25) is 0 Å². The lowest BCUT2D eigenvalue weighted by atomic mass is 10.1. The third kappa shape index (κ3) is 4.76. The molecule has 0 aliphatic rings. The number of fused-ring (bicyclic) bond motifs is 1. The van der Waals surface area contributed by atoms with Crippen LogP contribution in [0.25, 0.3) is 5.78 Å². The van der Waals surface area contributed by atoms with E-state index in [1.165, 1.54) is 16.1 Å². The molecule has 0 bridgehead atoms. The smallest absolute Gasteiger partial charge is 0.254 e. The summed E-state index contributed by atoms with van der Waals surface area (Å²) >= 11 is 0. The second kappa shape index (κ2) is 8.52. The summed E-state index contributed by atoms with van der Waals surface area (Å²) in [6.07, 6.45) is 2.36. The van der Waals surface area contributed by atoms with Crippen molar-refractivity contribution in [2.45, 2.75) is 25.7 Å². The minimum Gasteiger partial charge on any atom is -0.310 e. The van der Waals surface area contributed by atoms with Crippen LogP contribution in [0, 0.1) is 0 Å². The zero-order valence-electron chi connectivity index (χ0n) is 15.8. The summed E-state index contributed by atoms with van der Waals surface area (Å²) in [6.45, 7) is 0. The number of benzene rings is 2. The number of amides is 1. The first-order valence-electron chi connectivity index (χ1n) is 9.54. The molecular weight excluding hydrogens is 366 g/mol. The van der Waals surface area contributed by atoms with Crippen molar-refractivity contribution in [2.75, 3.05) is 5.32 Å². The van der Waals surface area contributed by atoms with Crippen LogP contribution in [-0.2, 0) is 24.1 Å². The fraction of sp³-hybridized carbons (Fsp3) is 0.182. The number of aryl methyl sites for hydroxylation is 3. The van der Waals surface area contributed by atoms with Crippen molar-refractivity contribution in [3.8, 4) is 0 Å². The molecular formula is C22H21N5O2. The Morgan fingerprint density at radius 2 is 1.59 bits per heavy atom. The molecule has 0 spiro atoms. The van der Waals surface area contributed by atoms with E-state index in [0.29, 0.717) is 36.7 Å². The summed E-state index contributed by atoms with van der Waals surface area (Å²) in [5, 5.41) is 7.25. The lowest BCUT2D eigenvalue weighted by molar-refractivity contribution is -0.116. The molecule has 2 N–H and O–H groups in total. The minimum absolute atomic E-state index is 0.179. The van der Waals surface area contributed by atoms with Gasteiger partial charge in [0.1, 0.15) is 5.82 Å². The van der Waals surface area contributed by atoms with Gasteiger partial charge < -0.3 is 5.32 Å². The highest BCUT2D eigenvalue weighted by Gasteiger charge is 2.12. The molecule has 2 aromatic carbocycles. The third-order valence-electron chi connectivity index (χ3n) is 4.61. The van der Waals surface area contributed by atoms with E-state index in [2.05, 4.69) is 32.5 Å². The van der Waals surface area contributed by atoms with Gasteiger partial charge in [0.2, 0.25) is 11.7 Å². The quantitative estimate of drug-likeness (QED) is 0.510. The first-order chi connectivity index (χ1) is 14.2. The predicted octanol–water partition coefficient (Wildman–Crippen LogP) is 2.77. The highest BCUT2D eigenvalue weighted by Crippen LogP contribution is 2.10. The molecule has 0 saturated carbocycles. The minimum atomic E-state index is -0.335. The van der Waals surface area contributed by atoms with Gasteiger partial charge in [-0.05, 0) is 24.0 Å². The second-order valence-corrected chi connectivity index (χ2v) is 6.80. The fourth-order valence-electron chi connectivity index (χ4n) is 3.14. The van der Waals surface area contributed by atoms with Gasteiger partial charge in [-0.2, -0.15) is 9.50 Å². The number of carbonyl (C=O) groups is 1. The average Bonchev–Trinajstić information content (AvgIpc) is 3.15. The van der Waals surface area contributed by atoms with Gasteiger partial charge in [-0.1, -0.05) is 60.7 Å². The van der Waals surface area contributed by atoms with Gasteiger partial charge in [-0.3, -0.25) is 14.6 Å². The zero-order chi connectivity index (χ0) is 20.1. The van der Waals surface area contributed by atoms with E-state index in [1.54, 1.807) is 0 Å². The molecule has 0 atom stereocenters. The predicted molar refractivity (Wildman–Crippen MR) is 111 cm³/mol. The molecule has 4 rings (SSSR count). The van der Waals surface area contributed by atoms with Gasteiger partial charge in [0.15, 0.2) is 5.82 Å². The van der Waals surface area contributed by atoms with Crippen molar-refractivity contribution >= 4 is 17.5 Å². The number of rotatable bonds is 7. The van der Waals surface area contributed by atoms with Crippen LogP contribution in [0.15, 0.2) is 71.5 Å². The number of anilines is 1. The molecule has 4 aromatic rings. The van der Waals surface area contributed by atoms with E-state index in [9.17, 15) is 9.59 Å². The summed E-state index contributed by atoms with van der Waals surface area (Å²) in [6, 6.07) is 21.2. The van der Waals surface area contributed by atoms with E-state index in [1.807, 2.05) is 48.5 Å². The number of nitrogens with one attached hydrogen (secondary N) is 2. The molecule has 0 aliphatic carbocycles. The van der Waals surface area contributed by atoms with Crippen LogP contribution in [0.1, 0.15) is 23.4 Å². The summed E-state index contributed by atoms with van der Waals surface area (Å²) < 4.78 is 1.47. The van der Waals surface area contributed by atoms with Crippen molar-refractivity contribution in [2.24, 2.45) is 0 Å². The van der Waals surface area contributed by atoms with Crippen molar-refractivity contribution in [1.29, 1.82) is 0 Å². The SMILES string of the molecule is O=C(CCc1ccccc1)Nc1cc(=O)[nH]c2nc(CCc3ccccc3)nn12. The standard InChI is InChI=1S/C22H21N5O2/c28-20(14-12-17-9-5-2-6-10-17)24-19-15-21(29)25-22-23-18(26-27(19)22)13-11-16-7-3-1-4-8-16/h1-10,15H,11-14H2,(H,24,28)(H,23,25,26,29). The summed E-state index contributed by atoms with van der Waals surface area (Å²) in [5.74, 6) is 1.07. The Kier molecular flexibility index (Phi) is 5.47. The Morgan fingerprint density at radius 3 is 2.28 bits per heavy atom. The highest BCUT2D eigenvalue weighted by atomic mass is 16.2. The number of carbonyl (C=O) groups excluding carboxylic acids is 1. The van der Waals surface area contributed by atoms with Crippen molar-refractivity contribution < 1.29 is 4.79 Å². The number of aromatic nitrogens is 4. The van der Waals surface area contributed by atoms with E-state index in [-0.39, 0.29) is 11.5 Å². The number of aromatic amines is 1. The van der Waals surface area contributed by atoms with E-state index >= 15 is 0 Å². The lowest BCUT2D eigenvalue weighted by Crippen LogP contribution is -2.19. The van der Waals surface area contributed by atoms with Crippen molar-refractivity contribution in [1.82, 2.24) is 19.6 Å². The molecule has 7 heteroatoms. The number of H-pyrrole nitrogens is 1. The Balaban J connectivity index is 1.47. The monoisotopic (exact) mass is 387 g/mol. The number of hydrogen-bond donors (Lipinski definition) is 2. The lowest BCUT2D eigenvalue weighted by Gasteiger charge is -2.06. The number of nitrogens with zero attached hydrogens (tertiary/aromatic N) is 3. The Labute approximate surface area is 167 Å². The molecule has 2 aromatic heterocycles. The largest absolute Gasteiger partial charge is 0.310 e. The van der Waals surface area contributed by atoms with E-state index in [4.69, 9.17) is 0 Å². The maximum Gasteiger partial charge on any atom is 0.254 e. The van der Waals surface area contributed by atoms with Crippen LogP contribution in [-0.4, -0.2) is 25.5 Å². The third-order valence-corrected chi connectivity index (χ3v) is 4.61. The van der Waals surface area contributed by atoms with Crippen LogP contribution in [0.4, 0.5) is 5.82 Å². The topological polar surface area (TPSA) is 92.1 Å². The molecule has 146 valence electrons. The van der Waals surface area contributed by atoms with E-state index < -0.39 is 0 Å². The molecule has 7 nitrogen and oxygen atoms in total. The summed E-state index contributed by atoms with van der Waals surface area (Å²) in [7, 11) is 0. The van der Waals surface area contributed by atoms with Gasteiger partial charge >= 0.3 is 0 Å². The first kappa shape index (κ1) is 18.6. The van der Waals surface area contributed by atoms with Gasteiger partial charge in [-0.15, -0.1) is 5.10 Å². The van der Waals surface area contributed by atoms with Gasteiger partial charge in [0, 0.05) is 18.9 Å². The Bertz CT molecular complexity index is 1170. The summed E-state index contributed by atoms with van der Waals surface area (Å²) in [4.78, 5) is 31.4. The Hall–Kier alpha value is -3.74. The molecule has 0 aliphatic heterocycles. The molecule has 0 radical (unpaired) electrons. The maximum absolute atomic E-state index is 12.4. The van der Waals surface area contributed by atoms with Gasteiger partial charge in [0.25, 0.3) is 5.56 Å². The number of hydrogen-bond acceptors (Lipinski definition) is 4. The highest BCUT2D eigenvalue weighted by molar-refractivity contribution is 5.90. The molecule has 1 amide bonds. The average molecular weight is 387 g/mol. The maximum atomic E-state index is 12.4. The van der Waals surface area contributed by atoms with Crippen molar-refractivity contribution in [3.05, 3.63) is 94.0 Å². The van der Waals surface area contributed by atoms with Gasteiger partial charge in [0.05, 0.1) is 0 Å². The second-order valence-electron chi connectivity index (χ2n) is 6.80. The van der Waals surface area contributed by atoms with Crippen molar-refractivity contribution in [3.63, 3.8) is 0 Å². The fourth-order valence-corrected chi connectivity index (χ4v) is 3.14. The van der Waals surface area contributed by atoms with Crippen LogP contribution >= 0.6 is 0 Å². The first-order valence-corrected chi connectivity index (χ1v) is 9.54. The molecule has 29 heavy (non-hydrogen) atoms. The molecule has 0 fully saturated rings. The molecule has 0 unspecified atom stereocenters. The zero-order valence-corrected chi connectivity index (χ0v) is 15.8. The van der Waals surface area contributed by atoms with E-state index in [0.717, 1.165) is 12.0 Å². The Morgan fingerprint density at radius 1 is 0.931 bits per heavy atom. The van der Waals surface area contributed by atoms with Crippen LogP contribution < -0.4 is 10.9 Å².